The van der Waals surface area contributed by atoms with E-state index < -0.39 is 0 Å². The lowest BCUT2D eigenvalue weighted by Crippen LogP contribution is -2.35. The van der Waals surface area contributed by atoms with Gasteiger partial charge >= 0.3 is 0 Å². The fourth-order valence-corrected chi connectivity index (χ4v) is 2.57. The molecule has 2 N–H and O–H groups in total. The quantitative estimate of drug-likeness (QED) is 0.860. The van der Waals surface area contributed by atoms with Gasteiger partial charge in [-0.1, -0.05) is 24.4 Å². The molecule has 0 radical (unpaired) electrons. The number of carbonyl (C=O) groups is 1. The lowest BCUT2D eigenvalue weighted by molar-refractivity contribution is 0.0388. The van der Waals surface area contributed by atoms with Crippen molar-refractivity contribution in [2.45, 2.75) is 12.8 Å². The third kappa shape index (κ3) is 3.77. The number of thiocarbonyl (C=S) groups is 1. The summed E-state index contributed by atoms with van der Waals surface area (Å²) in [6.45, 7) is 2.30. The zero-order valence-electron chi connectivity index (χ0n) is 11.7. The van der Waals surface area contributed by atoms with E-state index in [4.69, 9.17) is 22.7 Å². The van der Waals surface area contributed by atoms with Gasteiger partial charge in [0.1, 0.15) is 4.99 Å². The molecule has 1 aliphatic heterocycles. The molecule has 1 aliphatic rings. The number of rotatable bonds is 4. The van der Waals surface area contributed by atoms with Gasteiger partial charge in [-0.05, 0) is 30.9 Å². The first-order valence-electron chi connectivity index (χ1n) is 6.81. The number of carbonyl (C=O) groups excluding carboxylic acids is 1. The van der Waals surface area contributed by atoms with Crippen LogP contribution >= 0.6 is 12.2 Å². The summed E-state index contributed by atoms with van der Waals surface area (Å²) < 4.78 is 5.45. The summed E-state index contributed by atoms with van der Waals surface area (Å²) in [7, 11) is 1.82. The maximum absolute atomic E-state index is 12.4. The van der Waals surface area contributed by atoms with Crippen LogP contribution in [-0.4, -0.2) is 42.6 Å². The first-order chi connectivity index (χ1) is 9.58. The van der Waals surface area contributed by atoms with Crippen LogP contribution < -0.4 is 5.73 Å². The van der Waals surface area contributed by atoms with Crippen molar-refractivity contribution in [3.63, 3.8) is 0 Å². The van der Waals surface area contributed by atoms with Gasteiger partial charge in [-0.15, -0.1) is 0 Å². The second-order valence-corrected chi connectivity index (χ2v) is 5.65. The van der Waals surface area contributed by atoms with Gasteiger partial charge in [0, 0.05) is 31.3 Å². The van der Waals surface area contributed by atoms with Crippen molar-refractivity contribution in [1.82, 2.24) is 4.90 Å². The van der Waals surface area contributed by atoms with E-state index in [1.54, 1.807) is 23.1 Å². The van der Waals surface area contributed by atoms with E-state index in [0.29, 0.717) is 16.5 Å². The summed E-state index contributed by atoms with van der Waals surface area (Å²) in [6, 6.07) is 7.16. The van der Waals surface area contributed by atoms with Crippen LogP contribution in [0.15, 0.2) is 24.3 Å². The van der Waals surface area contributed by atoms with Crippen molar-refractivity contribution in [2.75, 3.05) is 26.8 Å². The lowest BCUT2D eigenvalue weighted by atomic mass is 10.0. The highest BCUT2D eigenvalue weighted by Gasteiger charge is 2.19. The standard InChI is InChI=1S/C15H20N2O2S/c1-17(9-11-4-3-7-19-10-11)15(18)13-6-2-5-12(8-13)14(16)20/h2,5-6,8,11H,3-4,7,9-10H2,1H3,(H2,16,20). The molecular formula is C15H20N2O2S. The Morgan fingerprint density at radius 1 is 1.50 bits per heavy atom. The molecule has 0 aromatic heterocycles. The van der Waals surface area contributed by atoms with Gasteiger partial charge in [0.25, 0.3) is 5.91 Å². The third-order valence-corrected chi connectivity index (χ3v) is 3.76. The molecule has 1 amide bonds. The molecule has 20 heavy (non-hydrogen) atoms. The number of hydrogen-bond donors (Lipinski definition) is 1. The lowest BCUT2D eigenvalue weighted by Gasteiger charge is -2.27. The SMILES string of the molecule is CN(CC1CCCOC1)C(=O)c1cccc(C(N)=S)c1. The Kier molecular flexibility index (Phi) is 5.09. The summed E-state index contributed by atoms with van der Waals surface area (Å²) in [5.74, 6) is 0.421. The minimum Gasteiger partial charge on any atom is -0.389 e. The van der Waals surface area contributed by atoms with Gasteiger partial charge in [0.05, 0.1) is 6.61 Å². The van der Waals surface area contributed by atoms with E-state index in [9.17, 15) is 4.79 Å². The van der Waals surface area contributed by atoms with Gasteiger partial charge in [0.2, 0.25) is 0 Å². The molecule has 1 atom stereocenters. The predicted molar refractivity (Wildman–Crippen MR) is 82.8 cm³/mol. The highest BCUT2D eigenvalue weighted by molar-refractivity contribution is 7.80. The van der Waals surface area contributed by atoms with Crippen molar-refractivity contribution >= 4 is 23.1 Å². The molecule has 108 valence electrons. The van der Waals surface area contributed by atoms with Crippen molar-refractivity contribution in [3.8, 4) is 0 Å². The van der Waals surface area contributed by atoms with Gasteiger partial charge in [0.15, 0.2) is 0 Å². The third-order valence-electron chi connectivity index (χ3n) is 3.53. The number of hydrogen-bond acceptors (Lipinski definition) is 3. The summed E-state index contributed by atoms with van der Waals surface area (Å²) in [4.78, 5) is 14.5. The van der Waals surface area contributed by atoms with E-state index in [0.717, 1.165) is 38.2 Å². The highest BCUT2D eigenvalue weighted by Crippen LogP contribution is 2.16. The Morgan fingerprint density at radius 2 is 2.25 bits per heavy atom. The summed E-state index contributed by atoms with van der Waals surface area (Å²) in [6.07, 6.45) is 2.19. The fraction of sp³-hybridized carbons (Fsp3) is 0.467. The molecule has 1 fully saturated rings. The maximum Gasteiger partial charge on any atom is 0.253 e. The average molecular weight is 292 g/mol. The number of benzene rings is 1. The second-order valence-electron chi connectivity index (χ2n) is 5.21. The molecule has 0 aliphatic carbocycles. The summed E-state index contributed by atoms with van der Waals surface area (Å²) in [5.41, 5.74) is 6.94. The summed E-state index contributed by atoms with van der Waals surface area (Å²) >= 11 is 4.94. The maximum atomic E-state index is 12.4. The largest absolute Gasteiger partial charge is 0.389 e. The zero-order valence-corrected chi connectivity index (χ0v) is 12.5. The number of amides is 1. The Hall–Kier alpha value is -1.46. The summed E-state index contributed by atoms with van der Waals surface area (Å²) in [5, 5.41) is 0. The van der Waals surface area contributed by atoms with Gasteiger partial charge < -0.3 is 15.4 Å². The van der Waals surface area contributed by atoms with Crippen molar-refractivity contribution in [2.24, 2.45) is 11.7 Å². The second kappa shape index (κ2) is 6.81. The van der Waals surface area contributed by atoms with Gasteiger partial charge in [-0.2, -0.15) is 0 Å². The molecule has 0 saturated carbocycles. The number of nitrogens with two attached hydrogens (primary N) is 1. The minimum atomic E-state index is -0.00586. The van der Waals surface area contributed by atoms with Crippen molar-refractivity contribution in [3.05, 3.63) is 35.4 Å². The van der Waals surface area contributed by atoms with Crippen LogP contribution in [0.5, 0.6) is 0 Å². The fourth-order valence-electron chi connectivity index (χ4n) is 2.45. The topological polar surface area (TPSA) is 55.6 Å². The molecule has 1 aromatic rings. The molecule has 1 unspecified atom stereocenters. The van der Waals surface area contributed by atoms with Crippen LogP contribution in [0.25, 0.3) is 0 Å². The molecule has 0 spiro atoms. The molecule has 2 rings (SSSR count). The first-order valence-corrected chi connectivity index (χ1v) is 7.22. The predicted octanol–water partition coefficient (Wildman–Crippen LogP) is 1.82. The van der Waals surface area contributed by atoms with Gasteiger partial charge in [-0.3, -0.25) is 4.79 Å². The Labute approximate surface area is 124 Å². The molecule has 5 heteroatoms. The average Bonchev–Trinajstić information content (AvgIpc) is 2.47. The van der Waals surface area contributed by atoms with Crippen LogP contribution in [0.2, 0.25) is 0 Å². The molecule has 1 aromatic carbocycles. The minimum absolute atomic E-state index is 0.00586. The Bertz CT molecular complexity index is 498. The molecule has 0 bridgehead atoms. The van der Waals surface area contributed by atoms with Crippen molar-refractivity contribution < 1.29 is 9.53 Å². The normalized spacial score (nSPS) is 18.6. The molecule has 1 saturated heterocycles. The van der Waals surface area contributed by atoms with E-state index in [-0.39, 0.29) is 5.91 Å². The molecule has 4 nitrogen and oxygen atoms in total. The van der Waals surface area contributed by atoms with Crippen LogP contribution in [0.3, 0.4) is 0 Å². The Balaban J connectivity index is 2.02. The number of ether oxygens (including phenoxy) is 1. The van der Waals surface area contributed by atoms with Crippen LogP contribution in [0.4, 0.5) is 0 Å². The van der Waals surface area contributed by atoms with Crippen LogP contribution in [-0.2, 0) is 4.74 Å². The van der Waals surface area contributed by atoms with Crippen LogP contribution in [0.1, 0.15) is 28.8 Å². The zero-order chi connectivity index (χ0) is 14.5. The van der Waals surface area contributed by atoms with Gasteiger partial charge in [-0.25, -0.2) is 0 Å². The number of nitrogens with zero attached hydrogens (tertiary/aromatic N) is 1. The molecule has 1 heterocycles. The smallest absolute Gasteiger partial charge is 0.253 e. The molecular weight excluding hydrogens is 272 g/mol. The van der Waals surface area contributed by atoms with Crippen molar-refractivity contribution in [1.29, 1.82) is 0 Å². The first kappa shape index (κ1) is 14.9. The van der Waals surface area contributed by atoms with Crippen LogP contribution in [0, 0.1) is 5.92 Å². The van der Waals surface area contributed by atoms with E-state index in [1.807, 2.05) is 13.1 Å². The van der Waals surface area contributed by atoms with E-state index in [2.05, 4.69) is 0 Å². The Morgan fingerprint density at radius 3 is 2.90 bits per heavy atom. The highest BCUT2D eigenvalue weighted by atomic mass is 32.1. The monoisotopic (exact) mass is 292 g/mol. The van der Waals surface area contributed by atoms with E-state index in [1.165, 1.54) is 0 Å². The van der Waals surface area contributed by atoms with E-state index >= 15 is 0 Å².